The van der Waals surface area contributed by atoms with Crippen molar-refractivity contribution in [3.63, 3.8) is 0 Å². The smallest absolute Gasteiger partial charge is 0.241 e. The van der Waals surface area contributed by atoms with E-state index in [9.17, 15) is 4.79 Å². The first-order chi connectivity index (χ1) is 10.8. The molecule has 1 amide bonds. The SMILES string of the molecule is O=C(CCn1nnc2ccccc21)N/N=C/c1ccccn1. The molecule has 1 N–H and O–H groups in total. The van der Waals surface area contributed by atoms with Gasteiger partial charge in [-0.2, -0.15) is 5.10 Å². The van der Waals surface area contributed by atoms with Crippen LogP contribution in [0.1, 0.15) is 12.1 Å². The van der Waals surface area contributed by atoms with Gasteiger partial charge in [-0.05, 0) is 24.3 Å². The molecule has 7 heteroatoms. The summed E-state index contributed by atoms with van der Waals surface area (Å²) in [6, 6.07) is 13.1. The van der Waals surface area contributed by atoms with E-state index in [4.69, 9.17) is 0 Å². The minimum atomic E-state index is -0.188. The summed E-state index contributed by atoms with van der Waals surface area (Å²) in [7, 11) is 0. The third kappa shape index (κ3) is 3.32. The third-order valence-corrected chi connectivity index (χ3v) is 3.04. The summed E-state index contributed by atoms with van der Waals surface area (Å²) in [6.07, 6.45) is 3.44. The third-order valence-electron chi connectivity index (χ3n) is 3.04. The number of benzene rings is 1. The van der Waals surface area contributed by atoms with Crippen LogP contribution in [0, 0.1) is 0 Å². The van der Waals surface area contributed by atoms with Gasteiger partial charge in [0.25, 0.3) is 0 Å². The molecule has 3 rings (SSSR count). The van der Waals surface area contributed by atoms with E-state index in [0.29, 0.717) is 12.2 Å². The fraction of sp³-hybridized carbons (Fsp3) is 0.133. The number of rotatable bonds is 5. The van der Waals surface area contributed by atoms with Crippen molar-refractivity contribution in [3.05, 3.63) is 54.4 Å². The highest BCUT2D eigenvalue weighted by molar-refractivity contribution is 5.81. The lowest BCUT2D eigenvalue weighted by molar-refractivity contribution is -0.121. The number of carbonyl (C=O) groups excluding carboxylic acids is 1. The molecule has 0 unspecified atom stereocenters. The largest absolute Gasteiger partial charge is 0.273 e. The fourth-order valence-corrected chi connectivity index (χ4v) is 1.97. The Morgan fingerprint density at radius 1 is 1.23 bits per heavy atom. The lowest BCUT2D eigenvalue weighted by Crippen LogP contribution is -2.19. The van der Waals surface area contributed by atoms with Crippen LogP contribution in [0.25, 0.3) is 11.0 Å². The molecule has 22 heavy (non-hydrogen) atoms. The number of nitrogens with one attached hydrogen (secondary N) is 1. The number of hydrazone groups is 1. The van der Waals surface area contributed by atoms with Crippen molar-refractivity contribution in [2.24, 2.45) is 5.10 Å². The highest BCUT2D eigenvalue weighted by atomic mass is 16.2. The van der Waals surface area contributed by atoms with Crippen LogP contribution >= 0.6 is 0 Å². The van der Waals surface area contributed by atoms with Crippen LogP contribution < -0.4 is 5.43 Å². The molecular formula is C15H14N6O. The van der Waals surface area contributed by atoms with Crippen LogP contribution in [-0.4, -0.2) is 32.1 Å². The van der Waals surface area contributed by atoms with Gasteiger partial charge >= 0.3 is 0 Å². The average molecular weight is 294 g/mol. The summed E-state index contributed by atoms with van der Waals surface area (Å²) < 4.78 is 1.71. The van der Waals surface area contributed by atoms with E-state index in [1.54, 1.807) is 16.9 Å². The molecular weight excluding hydrogens is 280 g/mol. The molecule has 3 aromatic rings. The molecule has 0 spiro atoms. The van der Waals surface area contributed by atoms with E-state index in [1.165, 1.54) is 6.21 Å². The summed E-state index contributed by atoms with van der Waals surface area (Å²) in [4.78, 5) is 15.8. The van der Waals surface area contributed by atoms with Gasteiger partial charge < -0.3 is 0 Å². The Morgan fingerprint density at radius 2 is 2.09 bits per heavy atom. The summed E-state index contributed by atoms with van der Waals surface area (Å²) in [6.45, 7) is 0.450. The Hall–Kier alpha value is -3.09. The zero-order chi connectivity index (χ0) is 15.2. The molecule has 0 fully saturated rings. The van der Waals surface area contributed by atoms with Gasteiger partial charge in [0.05, 0.1) is 24.0 Å². The van der Waals surface area contributed by atoms with E-state index >= 15 is 0 Å². The molecule has 0 bridgehead atoms. The van der Waals surface area contributed by atoms with Crippen molar-refractivity contribution in [2.45, 2.75) is 13.0 Å². The second-order valence-electron chi connectivity index (χ2n) is 4.60. The molecule has 0 aliphatic heterocycles. The second kappa shape index (κ2) is 6.57. The summed E-state index contributed by atoms with van der Waals surface area (Å²) in [5, 5.41) is 11.9. The van der Waals surface area contributed by atoms with Crippen LogP contribution in [0.5, 0.6) is 0 Å². The normalized spacial score (nSPS) is 11.1. The molecule has 0 saturated carbocycles. The molecule has 0 saturated heterocycles. The molecule has 2 aromatic heterocycles. The van der Waals surface area contributed by atoms with Crippen LogP contribution in [0.2, 0.25) is 0 Å². The van der Waals surface area contributed by atoms with Crippen LogP contribution in [0.3, 0.4) is 0 Å². The summed E-state index contributed by atoms with van der Waals surface area (Å²) in [5.74, 6) is -0.188. The predicted molar refractivity (Wildman–Crippen MR) is 82.1 cm³/mol. The van der Waals surface area contributed by atoms with E-state index < -0.39 is 0 Å². The van der Waals surface area contributed by atoms with Gasteiger partial charge in [0.1, 0.15) is 5.52 Å². The van der Waals surface area contributed by atoms with E-state index in [1.807, 2.05) is 36.4 Å². The molecule has 0 aliphatic rings. The van der Waals surface area contributed by atoms with E-state index in [0.717, 1.165) is 11.0 Å². The van der Waals surface area contributed by atoms with Gasteiger partial charge in [0, 0.05) is 12.6 Å². The first-order valence-corrected chi connectivity index (χ1v) is 6.84. The summed E-state index contributed by atoms with van der Waals surface area (Å²) >= 11 is 0. The molecule has 7 nitrogen and oxygen atoms in total. The topological polar surface area (TPSA) is 85.1 Å². The molecule has 2 heterocycles. The monoisotopic (exact) mass is 294 g/mol. The number of fused-ring (bicyclic) bond motifs is 1. The number of amides is 1. The molecule has 0 aliphatic carbocycles. The van der Waals surface area contributed by atoms with E-state index in [-0.39, 0.29) is 12.3 Å². The molecule has 0 radical (unpaired) electrons. The Labute approximate surface area is 126 Å². The minimum absolute atomic E-state index is 0.188. The molecule has 110 valence electrons. The Morgan fingerprint density at radius 3 is 2.95 bits per heavy atom. The highest BCUT2D eigenvalue weighted by Crippen LogP contribution is 2.09. The number of aryl methyl sites for hydroxylation is 1. The first-order valence-electron chi connectivity index (χ1n) is 6.84. The number of hydrogen-bond acceptors (Lipinski definition) is 5. The van der Waals surface area contributed by atoms with Crippen LogP contribution in [0.4, 0.5) is 0 Å². The maximum absolute atomic E-state index is 11.8. The van der Waals surface area contributed by atoms with Crippen molar-refractivity contribution >= 4 is 23.2 Å². The van der Waals surface area contributed by atoms with Gasteiger partial charge in [0.2, 0.25) is 5.91 Å². The number of para-hydroxylation sites is 1. The zero-order valence-corrected chi connectivity index (χ0v) is 11.8. The highest BCUT2D eigenvalue weighted by Gasteiger charge is 2.05. The molecule has 1 aromatic carbocycles. The van der Waals surface area contributed by atoms with Gasteiger partial charge in [-0.1, -0.05) is 23.4 Å². The first kappa shape index (κ1) is 13.9. The standard InChI is InChI=1S/C15H14N6O/c22-15(19-17-11-12-5-3-4-9-16-12)8-10-21-14-7-2-1-6-13(14)18-20-21/h1-7,9,11H,8,10H2,(H,19,22)/b17-11+. The van der Waals surface area contributed by atoms with Crippen molar-refractivity contribution in [2.75, 3.05) is 0 Å². The van der Waals surface area contributed by atoms with Gasteiger partial charge in [-0.3, -0.25) is 9.78 Å². The zero-order valence-electron chi connectivity index (χ0n) is 11.8. The lowest BCUT2D eigenvalue weighted by atomic mass is 10.3. The number of carbonyl (C=O) groups is 1. The quantitative estimate of drug-likeness (QED) is 0.569. The average Bonchev–Trinajstić information content (AvgIpc) is 2.97. The number of hydrogen-bond donors (Lipinski definition) is 1. The maximum atomic E-state index is 11.8. The predicted octanol–water partition coefficient (Wildman–Crippen LogP) is 1.37. The van der Waals surface area contributed by atoms with Crippen molar-refractivity contribution in [1.29, 1.82) is 0 Å². The fourth-order valence-electron chi connectivity index (χ4n) is 1.97. The van der Waals surface area contributed by atoms with Crippen molar-refractivity contribution in [3.8, 4) is 0 Å². The van der Waals surface area contributed by atoms with Crippen LogP contribution in [-0.2, 0) is 11.3 Å². The maximum Gasteiger partial charge on any atom is 0.241 e. The second-order valence-corrected chi connectivity index (χ2v) is 4.60. The van der Waals surface area contributed by atoms with Gasteiger partial charge in [0.15, 0.2) is 0 Å². The lowest BCUT2D eigenvalue weighted by Gasteiger charge is -2.01. The Bertz CT molecular complexity index is 796. The number of aromatic nitrogens is 4. The Kier molecular flexibility index (Phi) is 4.15. The Balaban J connectivity index is 1.53. The number of nitrogens with zero attached hydrogens (tertiary/aromatic N) is 5. The number of pyridine rings is 1. The minimum Gasteiger partial charge on any atom is -0.273 e. The van der Waals surface area contributed by atoms with Crippen molar-refractivity contribution in [1.82, 2.24) is 25.4 Å². The summed E-state index contributed by atoms with van der Waals surface area (Å²) in [5.41, 5.74) is 4.88. The molecule has 0 atom stereocenters. The van der Waals surface area contributed by atoms with E-state index in [2.05, 4.69) is 25.8 Å². The van der Waals surface area contributed by atoms with Crippen molar-refractivity contribution < 1.29 is 4.79 Å². The van der Waals surface area contributed by atoms with Crippen LogP contribution in [0.15, 0.2) is 53.8 Å². The van der Waals surface area contributed by atoms with Gasteiger partial charge in [-0.15, -0.1) is 5.10 Å². The van der Waals surface area contributed by atoms with Gasteiger partial charge in [-0.25, -0.2) is 10.1 Å².